The van der Waals surface area contributed by atoms with Crippen LogP contribution in [-0.4, -0.2) is 5.97 Å². The molecule has 0 aliphatic carbocycles. The highest BCUT2D eigenvalue weighted by Gasteiger charge is 2.04. The third-order valence-corrected chi connectivity index (χ3v) is 2.12. The number of hydrazine groups is 1. The molecule has 0 aliphatic heterocycles. The van der Waals surface area contributed by atoms with Crippen molar-refractivity contribution in [1.29, 1.82) is 0 Å². The molecule has 17 heavy (non-hydrogen) atoms. The maximum Gasteiger partial charge on any atom is 0.358 e. The van der Waals surface area contributed by atoms with Gasteiger partial charge in [0.2, 0.25) is 0 Å². The molecule has 0 heterocycles. The molecule has 0 aliphatic rings. The van der Waals surface area contributed by atoms with Crippen LogP contribution in [-0.2, 0) is 4.84 Å². The Hall–Kier alpha value is -2.33. The topological polar surface area (TPSA) is 50.4 Å². The fraction of sp³-hybridized carbons (Fsp3) is 0. The fourth-order valence-corrected chi connectivity index (χ4v) is 1.29. The number of carbonyl (C=O) groups is 1. The lowest BCUT2D eigenvalue weighted by molar-refractivity contribution is 0.0307. The molecule has 0 saturated carbocycles. The van der Waals surface area contributed by atoms with Crippen LogP contribution in [0.25, 0.3) is 0 Å². The summed E-state index contributed by atoms with van der Waals surface area (Å²) in [6.07, 6.45) is 0. The second-order valence-corrected chi connectivity index (χ2v) is 3.35. The lowest BCUT2D eigenvalue weighted by atomic mass is 10.2. The molecular weight excluding hydrogens is 216 g/mol. The third kappa shape index (κ3) is 3.32. The fourth-order valence-electron chi connectivity index (χ4n) is 1.29. The first kappa shape index (κ1) is 11.2. The molecule has 2 aromatic carbocycles. The van der Waals surface area contributed by atoms with Crippen molar-refractivity contribution < 1.29 is 9.63 Å². The van der Waals surface area contributed by atoms with E-state index in [1.165, 1.54) is 0 Å². The number of para-hydroxylation sites is 1. The molecule has 2 N–H and O–H groups in total. The van der Waals surface area contributed by atoms with E-state index in [9.17, 15) is 4.79 Å². The normalized spacial score (nSPS) is 9.65. The monoisotopic (exact) mass is 228 g/mol. The van der Waals surface area contributed by atoms with E-state index in [0.29, 0.717) is 5.56 Å². The summed E-state index contributed by atoms with van der Waals surface area (Å²) < 4.78 is 0. The average Bonchev–Trinajstić information content (AvgIpc) is 2.41. The number of hydrogen-bond donors (Lipinski definition) is 2. The van der Waals surface area contributed by atoms with E-state index in [-0.39, 0.29) is 0 Å². The Labute approximate surface area is 99.2 Å². The summed E-state index contributed by atoms with van der Waals surface area (Å²) in [4.78, 5) is 16.3. The summed E-state index contributed by atoms with van der Waals surface area (Å²) in [5, 5.41) is 0. The smallest absolute Gasteiger partial charge is 0.346 e. The van der Waals surface area contributed by atoms with Crippen molar-refractivity contribution in [3.63, 3.8) is 0 Å². The van der Waals surface area contributed by atoms with Crippen LogP contribution >= 0.6 is 0 Å². The molecule has 2 aromatic rings. The Bertz CT molecular complexity index is 471. The number of hydrogen-bond acceptors (Lipinski definition) is 4. The largest absolute Gasteiger partial charge is 0.358 e. The minimum atomic E-state index is -0.436. The molecular formula is C13H12N2O2. The van der Waals surface area contributed by atoms with E-state index in [2.05, 4.69) is 11.0 Å². The van der Waals surface area contributed by atoms with Gasteiger partial charge in [-0.2, -0.15) is 0 Å². The molecule has 0 radical (unpaired) electrons. The second kappa shape index (κ2) is 5.67. The Morgan fingerprint density at radius 3 is 2.12 bits per heavy atom. The van der Waals surface area contributed by atoms with Crippen molar-refractivity contribution in [3.8, 4) is 0 Å². The summed E-state index contributed by atoms with van der Waals surface area (Å²) in [5.74, 6) is -0.436. The molecule has 0 aromatic heterocycles. The van der Waals surface area contributed by atoms with Gasteiger partial charge in [-0.1, -0.05) is 42.0 Å². The Morgan fingerprint density at radius 1 is 0.882 bits per heavy atom. The minimum Gasteiger partial charge on any atom is -0.346 e. The van der Waals surface area contributed by atoms with Gasteiger partial charge in [0.15, 0.2) is 0 Å². The van der Waals surface area contributed by atoms with E-state index in [1.54, 1.807) is 24.3 Å². The van der Waals surface area contributed by atoms with Crippen molar-refractivity contribution in [1.82, 2.24) is 5.59 Å². The van der Waals surface area contributed by atoms with Crippen LogP contribution in [0.15, 0.2) is 60.7 Å². The summed E-state index contributed by atoms with van der Waals surface area (Å²) in [5.41, 5.74) is 6.46. The minimum absolute atomic E-state index is 0.436. The van der Waals surface area contributed by atoms with E-state index < -0.39 is 5.97 Å². The van der Waals surface area contributed by atoms with Crippen LogP contribution in [0.5, 0.6) is 0 Å². The highest BCUT2D eigenvalue weighted by molar-refractivity contribution is 5.89. The predicted molar refractivity (Wildman–Crippen MR) is 65.1 cm³/mol. The Kier molecular flexibility index (Phi) is 3.72. The highest BCUT2D eigenvalue weighted by Crippen LogP contribution is 2.03. The SMILES string of the molecule is O=C(ONNc1ccccc1)c1ccccc1. The van der Waals surface area contributed by atoms with Crippen LogP contribution in [0.4, 0.5) is 5.69 Å². The Morgan fingerprint density at radius 2 is 1.47 bits per heavy atom. The lowest BCUT2D eigenvalue weighted by Gasteiger charge is -2.07. The Balaban J connectivity index is 1.82. The van der Waals surface area contributed by atoms with Gasteiger partial charge in [0, 0.05) is 0 Å². The van der Waals surface area contributed by atoms with Gasteiger partial charge in [-0.25, -0.2) is 4.79 Å². The van der Waals surface area contributed by atoms with Crippen molar-refractivity contribution in [2.24, 2.45) is 0 Å². The maximum absolute atomic E-state index is 11.5. The first-order valence-electron chi connectivity index (χ1n) is 5.18. The summed E-state index contributed by atoms with van der Waals surface area (Å²) in [7, 11) is 0. The summed E-state index contributed by atoms with van der Waals surface area (Å²) in [6.45, 7) is 0. The van der Waals surface area contributed by atoms with Gasteiger partial charge in [0.1, 0.15) is 0 Å². The molecule has 4 nitrogen and oxygen atoms in total. The molecule has 4 heteroatoms. The lowest BCUT2D eigenvalue weighted by Crippen LogP contribution is -2.25. The molecule has 0 amide bonds. The zero-order chi connectivity index (χ0) is 11.9. The molecule has 0 saturated heterocycles. The number of rotatable bonds is 4. The van der Waals surface area contributed by atoms with Crippen LogP contribution in [0.2, 0.25) is 0 Å². The summed E-state index contributed by atoms with van der Waals surface area (Å²) in [6, 6.07) is 18.1. The van der Waals surface area contributed by atoms with Gasteiger partial charge in [-0.15, -0.1) is 0 Å². The molecule has 0 unspecified atom stereocenters. The van der Waals surface area contributed by atoms with E-state index in [0.717, 1.165) is 5.69 Å². The zero-order valence-electron chi connectivity index (χ0n) is 9.09. The van der Waals surface area contributed by atoms with Gasteiger partial charge in [0.25, 0.3) is 0 Å². The van der Waals surface area contributed by atoms with Crippen LogP contribution in [0.1, 0.15) is 10.4 Å². The molecule has 86 valence electrons. The zero-order valence-corrected chi connectivity index (χ0v) is 9.09. The molecule has 0 atom stereocenters. The summed E-state index contributed by atoms with van der Waals surface area (Å²) >= 11 is 0. The molecule has 0 fully saturated rings. The number of nitrogens with one attached hydrogen (secondary N) is 2. The number of carbonyl (C=O) groups excluding carboxylic acids is 1. The first-order chi connectivity index (χ1) is 8.36. The van der Waals surface area contributed by atoms with Gasteiger partial charge in [-0.05, 0) is 24.3 Å². The van der Waals surface area contributed by atoms with Crippen molar-refractivity contribution in [2.45, 2.75) is 0 Å². The highest BCUT2D eigenvalue weighted by atomic mass is 16.7. The van der Waals surface area contributed by atoms with Crippen molar-refractivity contribution >= 4 is 11.7 Å². The van der Waals surface area contributed by atoms with Gasteiger partial charge in [0.05, 0.1) is 11.3 Å². The number of benzene rings is 2. The van der Waals surface area contributed by atoms with Crippen LogP contribution < -0.4 is 11.0 Å². The quantitative estimate of drug-likeness (QED) is 0.789. The third-order valence-electron chi connectivity index (χ3n) is 2.12. The van der Waals surface area contributed by atoms with Crippen molar-refractivity contribution in [3.05, 3.63) is 66.2 Å². The van der Waals surface area contributed by atoms with Crippen LogP contribution in [0.3, 0.4) is 0 Å². The van der Waals surface area contributed by atoms with E-state index in [4.69, 9.17) is 4.84 Å². The maximum atomic E-state index is 11.5. The first-order valence-corrected chi connectivity index (χ1v) is 5.18. The van der Waals surface area contributed by atoms with E-state index in [1.807, 2.05) is 36.4 Å². The number of anilines is 1. The molecule has 0 bridgehead atoms. The van der Waals surface area contributed by atoms with Gasteiger partial charge < -0.3 is 4.84 Å². The van der Waals surface area contributed by atoms with Crippen molar-refractivity contribution in [2.75, 3.05) is 5.43 Å². The molecule has 2 rings (SSSR count). The predicted octanol–water partition coefficient (Wildman–Crippen LogP) is 2.38. The van der Waals surface area contributed by atoms with E-state index >= 15 is 0 Å². The van der Waals surface area contributed by atoms with Crippen LogP contribution in [0, 0.1) is 0 Å². The second-order valence-electron chi connectivity index (χ2n) is 3.35. The van der Waals surface area contributed by atoms with Gasteiger partial charge in [-0.3, -0.25) is 5.43 Å². The average molecular weight is 228 g/mol. The standard InChI is InChI=1S/C13H12N2O2/c16-13(11-7-3-1-4-8-11)17-15-14-12-9-5-2-6-10-12/h1-10,14-15H. The van der Waals surface area contributed by atoms with Gasteiger partial charge >= 0.3 is 5.97 Å². The molecule has 0 spiro atoms.